The lowest BCUT2D eigenvalue weighted by Crippen LogP contribution is -2.43. The third-order valence-electron chi connectivity index (χ3n) is 6.17. The Morgan fingerprint density at radius 3 is 2.50 bits per heavy atom. The molecule has 1 aliphatic heterocycles. The Bertz CT molecular complexity index is 966. The van der Waals surface area contributed by atoms with Gasteiger partial charge < -0.3 is 20.4 Å². The quantitative estimate of drug-likeness (QED) is 0.329. The number of carbonyl (C=O) groups excluding carboxylic acids is 1. The third-order valence-corrected chi connectivity index (χ3v) is 6.17. The van der Waals surface area contributed by atoms with Crippen LogP contribution in [0.15, 0.2) is 42.3 Å². The van der Waals surface area contributed by atoms with Crippen LogP contribution in [0.2, 0.25) is 0 Å². The molecule has 7 nitrogen and oxygen atoms in total. The van der Waals surface area contributed by atoms with E-state index in [4.69, 9.17) is 10.1 Å². The van der Waals surface area contributed by atoms with Crippen LogP contribution >= 0.6 is 0 Å². The van der Waals surface area contributed by atoms with Crippen LogP contribution in [0.4, 0.5) is 10.1 Å². The number of pyridine rings is 1. The second-order valence-corrected chi connectivity index (χ2v) is 10.8. The molecule has 0 radical (unpaired) electrons. The van der Waals surface area contributed by atoms with E-state index in [1.165, 1.54) is 13.0 Å². The average molecular weight is 533 g/mol. The highest BCUT2D eigenvalue weighted by molar-refractivity contribution is 5.97. The van der Waals surface area contributed by atoms with Crippen molar-refractivity contribution in [3.8, 4) is 0 Å². The van der Waals surface area contributed by atoms with Crippen molar-refractivity contribution >= 4 is 11.6 Å². The first kappa shape index (κ1) is 33.6. The molecule has 1 amide bonds. The molecule has 1 aromatic rings. The number of likely N-dealkylation sites (N-methyl/N-ethyl adjacent to an activating group) is 1. The van der Waals surface area contributed by atoms with E-state index in [2.05, 4.69) is 51.4 Å². The van der Waals surface area contributed by atoms with Crippen LogP contribution < -0.4 is 10.2 Å². The van der Waals surface area contributed by atoms with E-state index in [0.717, 1.165) is 42.0 Å². The van der Waals surface area contributed by atoms with Gasteiger partial charge in [-0.25, -0.2) is 4.39 Å². The van der Waals surface area contributed by atoms with Gasteiger partial charge in [-0.3, -0.25) is 14.7 Å². The predicted octanol–water partition coefficient (Wildman–Crippen LogP) is 4.29. The predicted molar refractivity (Wildman–Crippen MR) is 155 cm³/mol. The summed E-state index contributed by atoms with van der Waals surface area (Å²) in [6.45, 7) is 19.3. The van der Waals surface area contributed by atoms with Crippen LogP contribution in [0, 0.1) is 5.92 Å². The number of carbonyl (C=O) groups is 1. The van der Waals surface area contributed by atoms with E-state index in [9.17, 15) is 14.3 Å². The van der Waals surface area contributed by atoms with Gasteiger partial charge in [0.2, 0.25) is 5.91 Å². The van der Waals surface area contributed by atoms with Crippen molar-refractivity contribution in [2.75, 3.05) is 51.3 Å². The van der Waals surface area contributed by atoms with Gasteiger partial charge >= 0.3 is 0 Å². The Hall–Kier alpha value is -2.39. The highest BCUT2D eigenvalue weighted by atomic mass is 19.1. The molecule has 0 aromatic carbocycles. The van der Waals surface area contributed by atoms with Crippen LogP contribution in [-0.2, 0) is 23.2 Å². The molecule has 2 heterocycles. The Morgan fingerprint density at radius 2 is 2.03 bits per heavy atom. The van der Waals surface area contributed by atoms with Crippen LogP contribution in [0.25, 0.3) is 0 Å². The summed E-state index contributed by atoms with van der Waals surface area (Å²) in [6, 6.07) is 1.97. The zero-order valence-electron chi connectivity index (χ0n) is 24.5. The topological polar surface area (TPSA) is 88.9 Å². The summed E-state index contributed by atoms with van der Waals surface area (Å²) in [6.07, 6.45) is 6.19. The molecule has 3 N–H and O–H groups in total. The number of nitrogens with zero attached hydrogens (tertiary/aromatic N) is 3. The van der Waals surface area contributed by atoms with Crippen molar-refractivity contribution in [1.29, 1.82) is 0 Å². The smallest absolute Gasteiger partial charge is 0.241 e. The Morgan fingerprint density at radius 1 is 1.34 bits per heavy atom. The van der Waals surface area contributed by atoms with Gasteiger partial charge in [0.05, 0.1) is 42.7 Å². The molecule has 8 heteroatoms. The lowest BCUT2D eigenvalue weighted by atomic mass is 9.90. The number of anilines is 1. The fourth-order valence-corrected chi connectivity index (χ4v) is 4.45. The normalized spacial score (nSPS) is 15.0. The Kier molecular flexibility index (Phi) is 14.6. The minimum atomic E-state index is -0.313. The number of aliphatic hydroxyl groups is 2. The number of hydrogen-bond donors (Lipinski definition) is 3. The number of nitrogens with one attached hydrogen (secondary N) is 1. The first-order valence-electron chi connectivity index (χ1n) is 13.5. The standard InChI is InChI=1S/C27H40FN3O2.C3H9NO/c1-8-12-30(15-19(3)4)16-25(33)31-18-27(6,7)26-24(31)14-22(23(17-32)29-26)13-21(9-2)11-10-20(5)28;1-4-2-3-5/h9-11,14,19,32H,2,8,12-13,15-18H2,1,3-7H3;4-5H,2-3H2,1H3/b20-10+,21-11+;. The monoisotopic (exact) mass is 532 g/mol. The first-order chi connectivity index (χ1) is 17.9. The largest absolute Gasteiger partial charge is 0.395 e. The van der Waals surface area contributed by atoms with E-state index in [1.807, 2.05) is 11.0 Å². The van der Waals surface area contributed by atoms with Crippen molar-refractivity contribution < 1.29 is 19.4 Å². The minimum Gasteiger partial charge on any atom is -0.395 e. The van der Waals surface area contributed by atoms with Crippen molar-refractivity contribution in [3.05, 3.63) is 59.2 Å². The molecule has 0 atom stereocenters. The summed E-state index contributed by atoms with van der Waals surface area (Å²) in [4.78, 5) is 22.3. The van der Waals surface area contributed by atoms with Gasteiger partial charge in [-0.05, 0) is 62.6 Å². The summed E-state index contributed by atoms with van der Waals surface area (Å²) in [5.41, 5.74) is 3.53. The molecule has 214 valence electrons. The zero-order chi connectivity index (χ0) is 28.9. The second-order valence-electron chi connectivity index (χ2n) is 10.8. The van der Waals surface area contributed by atoms with Crippen molar-refractivity contribution in [3.63, 3.8) is 0 Å². The maximum Gasteiger partial charge on any atom is 0.241 e. The fraction of sp³-hybridized carbons (Fsp3) is 0.600. The lowest BCUT2D eigenvalue weighted by Gasteiger charge is -2.27. The number of aromatic nitrogens is 1. The van der Waals surface area contributed by atoms with Crippen LogP contribution in [0.1, 0.15) is 64.9 Å². The molecule has 1 aliphatic rings. The van der Waals surface area contributed by atoms with Gasteiger partial charge in [0.1, 0.15) is 0 Å². The molecule has 0 aliphatic carbocycles. The number of fused-ring (bicyclic) bond motifs is 1. The summed E-state index contributed by atoms with van der Waals surface area (Å²) < 4.78 is 13.2. The van der Waals surface area contributed by atoms with Crippen molar-refractivity contribution in [2.24, 2.45) is 5.92 Å². The van der Waals surface area contributed by atoms with Gasteiger partial charge in [-0.2, -0.15) is 0 Å². The number of halogens is 1. The third kappa shape index (κ3) is 10.4. The minimum absolute atomic E-state index is 0.0656. The highest BCUT2D eigenvalue weighted by Gasteiger charge is 2.40. The molecule has 2 rings (SSSR count). The number of hydrogen-bond acceptors (Lipinski definition) is 6. The van der Waals surface area contributed by atoms with E-state index in [1.54, 1.807) is 19.2 Å². The molecule has 0 saturated heterocycles. The van der Waals surface area contributed by atoms with Gasteiger partial charge in [0, 0.05) is 25.0 Å². The molecule has 0 bridgehead atoms. The second kappa shape index (κ2) is 16.5. The Balaban J connectivity index is 0.00000132. The maximum absolute atomic E-state index is 13.4. The summed E-state index contributed by atoms with van der Waals surface area (Å²) in [5.74, 6) is 0.259. The van der Waals surface area contributed by atoms with E-state index < -0.39 is 0 Å². The Labute approximate surface area is 229 Å². The van der Waals surface area contributed by atoms with Gasteiger partial charge in [-0.1, -0.05) is 53.3 Å². The SMILES string of the molecule is C=C/C(=C\C=C(/C)F)Cc1cc2c(nc1CO)C(C)(C)CN2C(=O)CN(CCC)CC(C)C.CNCCO. The molecule has 0 spiro atoms. The summed E-state index contributed by atoms with van der Waals surface area (Å²) >= 11 is 0. The van der Waals surface area contributed by atoms with E-state index in [-0.39, 0.29) is 30.4 Å². The molecule has 38 heavy (non-hydrogen) atoms. The van der Waals surface area contributed by atoms with Crippen molar-refractivity contribution in [2.45, 2.75) is 66.4 Å². The molecule has 0 unspecified atom stereocenters. The molecule has 0 saturated carbocycles. The number of allylic oxidation sites excluding steroid dienone is 5. The first-order valence-corrected chi connectivity index (χ1v) is 13.5. The average Bonchev–Trinajstić information content (AvgIpc) is 3.11. The molecule has 0 fully saturated rings. The summed E-state index contributed by atoms with van der Waals surface area (Å²) in [5, 5.41) is 20.8. The number of amides is 1. The molecular formula is C30H49FN4O3. The zero-order valence-corrected chi connectivity index (χ0v) is 24.5. The van der Waals surface area contributed by atoms with Gasteiger partial charge in [-0.15, -0.1) is 0 Å². The maximum atomic E-state index is 13.4. The summed E-state index contributed by atoms with van der Waals surface area (Å²) in [7, 11) is 1.80. The highest BCUT2D eigenvalue weighted by Crippen LogP contribution is 2.40. The fourth-order valence-electron chi connectivity index (χ4n) is 4.45. The lowest BCUT2D eigenvalue weighted by molar-refractivity contribution is -0.119. The van der Waals surface area contributed by atoms with Crippen molar-refractivity contribution in [1.82, 2.24) is 15.2 Å². The van der Waals surface area contributed by atoms with Gasteiger partial charge in [0.25, 0.3) is 0 Å². The van der Waals surface area contributed by atoms with Gasteiger partial charge in [0.15, 0.2) is 0 Å². The van der Waals surface area contributed by atoms with Crippen LogP contribution in [0.5, 0.6) is 0 Å². The molecule has 1 aromatic heterocycles. The van der Waals surface area contributed by atoms with E-state index >= 15 is 0 Å². The number of aliphatic hydroxyl groups excluding tert-OH is 2. The van der Waals surface area contributed by atoms with E-state index in [0.29, 0.717) is 37.7 Å². The molecular weight excluding hydrogens is 483 g/mol. The van der Waals surface area contributed by atoms with Crippen LogP contribution in [0.3, 0.4) is 0 Å². The number of rotatable bonds is 13. The van der Waals surface area contributed by atoms with Crippen LogP contribution in [-0.4, -0.2) is 72.4 Å².